The minimum atomic E-state index is -0.321. The fourth-order valence-corrected chi connectivity index (χ4v) is 5.63. The number of amides is 1. The Morgan fingerprint density at radius 2 is 1.79 bits per heavy atom. The van der Waals surface area contributed by atoms with E-state index in [0.29, 0.717) is 12.3 Å². The number of carbonyl (C=O) groups is 1. The Hall–Kier alpha value is -2.57. The maximum atomic E-state index is 12.5. The fourth-order valence-electron chi connectivity index (χ4n) is 5.63. The van der Waals surface area contributed by atoms with Crippen LogP contribution in [0.4, 0.5) is 11.4 Å². The lowest BCUT2D eigenvalue weighted by Crippen LogP contribution is -2.55. The third-order valence-corrected chi connectivity index (χ3v) is 7.04. The highest BCUT2D eigenvalue weighted by Crippen LogP contribution is 2.51. The summed E-state index contributed by atoms with van der Waals surface area (Å²) in [7, 11) is 0. The van der Waals surface area contributed by atoms with Crippen molar-refractivity contribution in [3.63, 3.8) is 0 Å². The topological polar surface area (TPSA) is 68.0 Å². The summed E-state index contributed by atoms with van der Waals surface area (Å²) in [5.74, 6) is 0.937. The molecule has 0 aliphatic carbocycles. The van der Waals surface area contributed by atoms with Gasteiger partial charge in [0.1, 0.15) is 5.75 Å². The summed E-state index contributed by atoms with van der Waals surface area (Å²) in [5.41, 5.74) is 9.54. The molecule has 1 amide bonds. The molecule has 33 heavy (non-hydrogen) atoms. The number of benzene rings is 2. The summed E-state index contributed by atoms with van der Waals surface area (Å²) in [6.07, 6.45) is 1.80. The van der Waals surface area contributed by atoms with Crippen LogP contribution in [0.25, 0.3) is 0 Å². The number of hydrogen-bond acceptors (Lipinski definition) is 5. The van der Waals surface area contributed by atoms with Crippen LogP contribution in [-0.2, 0) is 14.9 Å². The molecule has 0 aromatic heterocycles. The SMILES string of the molecule is CC(=O)N1c2ccc(N)cc2C(C)(c2ccc(OCCCN3CCOCC3)cc2)CC1(C)C. The van der Waals surface area contributed by atoms with Crippen LogP contribution in [0.1, 0.15) is 51.7 Å². The van der Waals surface area contributed by atoms with Gasteiger partial charge in [-0.25, -0.2) is 0 Å². The van der Waals surface area contributed by atoms with Crippen molar-refractivity contribution in [2.75, 3.05) is 50.1 Å². The van der Waals surface area contributed by atoms with Crippen LogP contribution < -0.4 is 15.4 Å². The van der Waals surface area contributed by atoms with Gasteiger partial charge < -0.3 is 20.1 Å². The summed E-state index contributed by atoms with van der Waals surface area (Å²) in [5, 5.41) is 0. The van der Waals surface area contributed by atoms with E-state index in [1.165, 1.54) is 5.56 Å². The molecule has 2 aliphatic heterocycles. The lowest BCUT2D eigenvalue weighted by Gasteiger charge is -2.51. The van der Waals surface area contributed by atoms with Gasteiger partial charge in [0.25, 0.3) is 0 Å². The highest BCUT2D eigenvalue weighted by Gasteiger charge is 2.47. The van der Waals surface area contributed by atoms with Crippen LogP contribution in [0, 0.1) is 0 Å². The van der Waals surface area contributed by atoms with Crippen LogP contribution >= 0.6 is 0 Å². The zero-order valence-corrected chi connectivity index (χ0v) is 20.4. The molecule has 1 saturated heterocycles. The molecule has 6 nitrogen and oxygen atoms in total. The first-order chi connectivity index (χ1) is 15.7. The highest BCUT2D eigenvalue weighted by molar-refractivity contribution is 5.95. The Kier molecular flexibility index (Phi) is 6.68. The Bertz CT molecular complexity index is 983. The summed E-state index contributed by atoms with van der Waals surface area (Å²) in [6.45, 7) is 13.6. The van der Waals surface area contributed by atoms with E-state index in [4.69, 9.17) is 15.2 Å². The number of ether oxygens (including phenoxy) is 2. The van der Waals surface area contributed by atoms with Gasteiger partial charge in [0.2, 0.25) is 5.91 Å². The van der Waals surface area contributed by atoms with E-state index >= 15 is 0 Å². The number of nitrogen functional groups attached to an aromatic ring is 1. The molecule has 0 spiro atoms. The second-order valence-electron chi connectivity index (χ2n) is 10.1. The van der Waals surface area contributed by atoms with Gasteiger partial charge in [-0.2, -0.15) is 0 Å². The predicted molar refractivity (Wildman–Crippen MR) is 133 cm³/mol. The molecule has 4 rings (SSSR count). The van der Waals surface area contributed by atoms with Crippen LogP contribution in [0.15, 0.2) is 42.5 Å². The average molecular weight is 452 g/mol. The van der Waals surface area contributed by atoms with Crippen molar-refractivity contribution in [1.82, 2.24) is 4.90 Å². The number of fused-ring (bicyclic) bond motifs is 1. The lowest BCUT2D eigenvalue weighted by molar-refractivity contribution is -0.117. The van der Waals surface area contributed by atoms with Crippen molar-refractivity contribution in [3.05, 3.63) is 53.6 Å². The van der Waals surface area contributed by atoms with Gasteiger partial charge in [0, 0.05) is 48.9 Å². The van der Waals surface area contributed by atoms with Gasteiger partial charge in [0.15, 0.2) is 0 Å². The van der Waals surface area contributed by atoms with Crippen molar-refractivity contribution >= 4 is 17.3 Å². The van der Waals surface area contributed by atoms with E-state index in [-0.39, 0.29) is 16.9 Å². The Labute approximate surface area is 197 Å². The van der Waals surface area contributed by atoms with Gasteiger partial charge in [0.05, 0.1) is 19.8 Å². The van der Waals surface area contributed by atoms with E-state index in [2.05, 4.69) is 49.9 Å². The lowest BCUT2D eigenvalue weighted by atomic mass is 9.65. The smallest absolute Gasteiger partial charge is 0.224 e. The number of anilines is 2. The quantitative estimate of drug-likeness (QED) is 0.526. The molecule has 2 heterocycles. The molecule has 178 valence electrons. The van der Waals surface area contributed by atoms with E-state index in [1.54, 1.807) is 6.92 Å². The zero-order valence-electron chi connectivity index (χ0n) is 20.4. The van der Waals surface area contributed by atoms with Crippen LogP contribution in [0.3, 0.4) is 0 Å². The number of rotatable bonds is 6. The summed E-state index contributed by atoms with van der Waals surface area (Å²) in [6, 6.07) is 14.3. The van der Waals surface area contributed by atoms with Gasteiger partial charge in [-0.05, 0) is 68.1 Å². The number of nitrogens with zero attached hydrogens (tertiary/aromatic N) is 2. The molecule has 6 heteroatoms. The first kappa shape index (κ1) is 23.6. The molecule has 1 atom stereocenters. The second-order valence-corrected chi connectivity index (χ2v) is 10.1. The average Bonchev–Trinajstić information content (AvgIpc) is 2.77. The number of hydrogen-bond donors (Lipinski definition) is 1. The van der Waals surface area contributed by atoms with Crippen molar-refractivity contribution in [3.8, 4) is 5.75 Å². The van der Waals surface area contributed by atoms with Gasteiger partial charge in [-0.15, -0.1) is 0 Å². The minimum Gasteiger partial charge on any atom is -0.494 e. The van der Waals surface area contributed by atoms with Crippen LogP contribution in [0.2, 0.25) is 0 Å². The van der Waals surface area contributed by atoms with Gasteiger partial charge in [-0.1, -0.05) is 19.1 Å². The van der Waals surface area contributed by atoms with E-state index in [9.17, 15) is 4.79 Å². The van der Waals surface area contributed by atoms with Gasteiger partial charge >= 0.3 is 0 Å². The first-order valence-corrected chi connectivity index (χ1v) is 11.9. The molecule has 2 N–H and O–H groups in total. The second kappa shape index (κ2) is 9.35. The molecule has 2 aliphatic rings. The van der Waals surface area contributed by atoms with Crippen molar-refractivity contribution in [2.24, 2.45) is 0 Å². The molecule has 2 aromatic rings. The molecule has 1 unspecified atom stereocenters. The van der Waals surface area contributed by atoms with E-state index < -0.39 is 0 Å². The Balaban J connectivity index is 1.51. The molecular weight excluding hydrogens is 414 g/mol. The monoisotopic (exact) mass is 451 g/mol. The highest BCUT2D eigenvalue weighted by atomic mass is 16.5. The molecule has 2 aromatic carbocycles. The maximum Gasteiger partial charge on any atom is 0.224 e. The van der Waals surface area contributed by atoms with Crippen LogP contribution in [-0.4, -0.2) is 55.8 Å². The van der Waals surface area contributed by atoms with Crippen molar-refractivity contribution in [1.29, 1.82) is 0 Å². The molecule has 1 fully saturated rings. The molecule has 0 radical (unpaired) electrons. The van der Waals surface area contributed by atoms with Crippen molar-refractivity contribution < 1.29 is 14.3 Å². The maximum absolute atomic E-state index is 12.5. The standard InChI is InChI=1S/C27H37N3O3/c1-20(31)30-25-11-8-22(28)18-24(25)27(4,19-26(30,2)3)21-6-9-23(10-7-21)33-15-5-12-29-13-16-32-17-14-29/h6-11,18H,5,12-17,19,28H2,1-4H3. The van der Waals surface area contributed by atoms with Crippen LogP contribution in [0.5, 0.6) is 5.75 Å². The minimum absolute atomic E-state index is 0.0499. The Morgan fingerprint density at radius 1 is 1.09 bits per heavy atom. The predicted octanol–water partition coefficient (Wildman–Crippen LogP) is 4.21. The zero-order chi connectivity index (χ0) is 23.6. The Morgan fingerprint density at radius 3 is 2.45 bits per heavy atom. The fraction of sp³-hybridized carbons (Fsp3) is 0.519. The van der Waals surface area contributed by atoms with Gasteiger partial charge in [-0.3, -0.25) is 9.69 Å². The van der Waals surface area contributed by atoms with E-state index in [1.807, 2.05) is 23.1 Å². The first-order valence-electron chi connectivity index (χ1n) is 11.9. The third-order valence-electron chi connectivity index (χ3n) is 7.04. The number of morpholine rings is 1. The largest absolute Gasteiger partial charge is 0.494 e. The molecular formula is C27H37N3O3. The summed E-state index contributed by atoms with van der Waals surface area (Å²) in [4.78, 5) is 16.9. The molecule has 0 saturated carbocycles. The normalized spacial score (nSPS) is 22.6. The molecule has 0 bridgehead atoms. The number of carbonyl (C=O) groups excluding carboxylic acids is 1. The van der Waals surface area contributed by atoms with Crippen molar-refractivity contribution in [2.45, 2.75) is 51.5 Å². The third kappa shape index (κ3) is 4.87. The number of nitrogens with two attached hydrogens (primary N) is 1. The summed E-state index contributed by atoms with van der Waals surface area (Å²) < 4.78 is 11.4. The summed E-state index contributed by atoms with van der Waals surface area (Å²) >= 11 is 0. The van der Waals surface area contributed by atoms with E-state index in [0.717, 1.165) is 62.7 Å².